The number of nitrogens with one attached hydrogen (secondary N) is 3. The number of hydrogen-bond donors (Lipinski definition) is 3. The number of carbonyl (C=O) groups is 2. The number of carbonyl (C=O) groups excluding carboxylic acids is 2. The van der Waals surface area contributed by atoms with Gasteiger partial charge in [-0.3, -0.25) is 14.4 Å². The largest absolute Gasteiger partial charge is 0.496 e. The van der Waals surface area contributed by atoms with Crippen molar-refractivity contribution in [2.24, 2.45) is 0 Å². The lowest BCUT2D eigenvalue weighted by Crippen LogP contribution is -2.37. The van der Waals surface area contributed by atoms with Gasteiger partial charge in [-0.1, -0.05) is 12.1 Å². The summed E-state index contributed by atoms with van der Waals surface area (Å²) in [5.41, 5.74) is 2.19. The molecular weight excluding hydrogens is 322 g/mol. The predicted octanol–water partition coefficient (Wildman–Crippen LogP) is 1.05. The number of para-hydroxylation sites is 1. The number of aromatic nitrogens is 1. The molecule has 2 aromatic rings. The Hall–Kier alpha value is -3.09. The second kappa shape index (κ2) is 8.14. The molecule has 0 fully saturated rings. The van der Waals surface area contributed by atoms with Gasteiger partial charge >= 0.3 is 0 Å². The fourth-order valence-corrected chi connectivity index (χ4v) is 2.44. The van der Waals surface area contributed by atoms with Crippen LogP contribution >= 0.6 is 0 Å². The number of aromatic amines is 1. The number of amides is 2. The number of hydrogen-bond acceptors (Lipinski definition) is 4. The van der Waals surface area contributed by atoms with Gasteiger partial charge in [0.05, 0.1) is 19.2 Å². The summed E-state index contributed by atoms with van der Waals surface area (Å²) in [7, 11) is 1.47. The quantitative estimate of drug-likeness (QED) is 0.730. The molecule has 1 aromatic heterocycles. The minimum atomic E-state index is -0.406. The van der Waals surface area contributed by atoms with Crippen LogP contribution in [-0.2, 0) is 11.3 Å². The maximum absolute atomic E-state index is 12.1. The molecule has 25 heavy (non-hydrogen) atoms. The average Bonchev–Trinajstić information content (AvgIpc) is 2.58. The monoisotopic (exact) mass is 343 g/mol. The normalized spacial score (nSPS) is 10.2. The first-order valence-electron chi connectivity index (χ1n) is 7.79. The van der Waals surface area contributed by atoms with Crippen molar-refractivity contribution in [2.45, 2.75) is 20.4 Å². The Morgan fingerprint density at radius 3 is 2.56 bits per heavy atom. The first-order chi connectivity index (χ1) is 11.9. The molecule has 0 unspecified atom stereocenters. The average molecular weight is 343 g/mol. The Kier molecular flexibility index (Phi) is 5.94. The second-order valence-electron chi connectivity index (χ2n) is 5.60. The van der Waals surface area contributed by atoms with Crippen molar-refractivity contribution in [1.29, 1.82) is 0 Å². The van der Waals surface area contributed by atoms with Crippen LogP contribution in [0.1, 0.15) is 27.2 Å². The fraction of sp³-hybridized carbons (Fsp3) is 0.278. The lowest BCUT2D eigenvalue weighted by Gasteiger charge is -2.10. The summed E-state index contributed by atoms with van der Waals surface area (Å²) in [6.45, 7) is 3.52. The van der Waals surface area contributed by atoms with Gasteiger partial charge in [-0.2, -0.15) is 0 Å². The van der Waals surface area contributed by atoms with Gasteiger partial charge in [0.25, 0.3) is 11.5 Å². The van der Waals surface area contributed by atoms with Crippen LogP contribution in [-0.4, -0.2) is 30.5 Å². The zero-order valence-electron chi connectivity index (χ0n) is 14.4. The predicted molar refractivity (Wildman–Crippen MR) is 93.7 cm³/mol. The highest BCUT2D eigenvalue weighted by atomic mass is 16.5. The number of aryl methyl sites for hydroxylation is 2. The number of H-pyrrole nitrogens is 1. The molecule has 0 atom stereocenters. The molecule has 0 aliphatic carbocycles. The SMILES string of the molecule is COc1ccccc1C(=O)NCC(=O)NCc1c(C)cc(C)[nH]c1=O. The minimum absolute atomic E-state index is 0.102. The van der Waals surface area contributed by atoms with E-state index in [0.29, 0.717) is 16.9 Å². The molecular formula is C18H21N3O4. The molecule has 0 saturated heterocycles. The van der Waals surface area contributed by atoms with Crippen LogP contribution in [0.15, 0.2) is 35.1 Å². The molecule has 132 valence electrons. The van der Waals surface area contributed by atoms with E-state index in [1.54, 1.807) is 31.2 Å². The Balaban J connectivity index is 1.91. The minimum Gasteiger partial charge on any atom is -0.496 e. The van der Waals surface area contributed by atoms with Gasteiger partial charge in [-0.05, 0) is 37.6 Å². The molecule has 0 spiro atoms. The van der Waals surface area contributed by atoms with Gasteiger partial charge in [-0.15, -0.1) is 0 Å². The summed E-state index contributed by atoms with van der Waals surface area (Å²) in [6, 6.07) is 8.59. The van der Waals surface area contributed by atoms with E-state index >= 15 is 0 Å². The highest BCUT2D eigenvalue weighted by Crippen LogP contribution is 2.16. The van der Waals surface area contributed by atoms with E-state index in [1.807, 2.05) is 13.0 Å². The van der Waals surface area contributed by atoms with Gasteiger partial charge in [0.2, 0.25) is 5.91 Å². The van der Waals surface area contributed by atoms with Crippen LogP contribution in [0.4, 0.5) is 0 Å². The van der Waals surface area contributed by atoms with E-state index in [0.717, 1.165) is 11.3 Å². The van der Waals surface area contributed by atoms with Crippen molar-refractivity contribution in [3.8, 4) is 5.75 Å². The van der Waals surface area contributed by atoms with Gasteiger partial charge < -0.3 is 20.4 Å². The van der Waals surface area contributed by atoms with E-state index in [9.17, 15) is 14.4 Å². The number of pyridine rings is 1. The summed E-state index contributed by atoms with van der Waals surface area (Å²) < 4.78 is 5.11. The Labute approximate surface area is 145 Å². The lowest BCUT2D eigenvalue weighted by atomic mass is 10.1. The van der Waals surface area contributed by atoms with E-state index in [1.165, 1.54) is 7.11 Å². The topological polar surface area (TPSA) is 100 Å². The highest BCUT2D eigenvalue weighted by Gasteiger charge is 2.13. The van der Waals surface area contributed by atoms with Crippen molar-refractivity contribution in [2.75, 3.05) is 13.7 Å². The summed E-state index contributed by atoms with van der Waals surface area (Å²) in [5.74, 6) is -0.359. The second-order valence-corrected chi connectivity index (χ2v) is 5.60. The third kappa shape index (κ3) is 4.69. The summed E-state index contributed by atoms with van der Waals surface area (Å²) >= 11 is 0. The Bertz CT molecular complexity index is 842. The van der Waals surface area contributed by atoms with Crippen LogP contribution in [0.25, 0.3) is 0 Å². The molecule has 7 heteroatoms. The number of rotatable bonds is 6. The summed E-state index contributed by atoms with van der Waals surface area (Å²) in [5, 5.41) is 5.16. The van der Waals surface area contributed by atoms with Gasteiger partial charge in [0, 0.05) is 17.8 Å². The number of ether oxygens (including phenoxy) is 1. The van der Waals surface area contributed by atoms with Crippen LogP contribution in [0.3, 0.4) is 0 Å². The third-order valence-electron chi connectivity index (χ3n) is 3.72. The van der Waals surface area contributed by atoms with Crippen molar-refractivity contribution >= 4 is 11.8 Å². The maximum atomic E-state index is 12.1. The van der Waals surface area contributed by atoms with E-state index < -0.39 is 5.91 Å². The molecule has 0 aliphatic rings. The molecule has 0 bridgehead atoms. The van der Waals surface area contributed by atoms with Crippen molar-refractivity contribution in [3.63, 3.8) is 0 Å². The molecule has 2 amide bonds. The zero-order valence-corrected chi connectivity index (χ0v) is 14.4. The van der Waals surface area contributed by atoms with Gasteiger partial charge in [0.15, 0.2) is 0 Å². The third-order valence-corrected chi connectivity index (χ3v) is 3.72. The van der Waals surface area contributed by atoms with Crippen LogP contribution in [0.2, 0.25) is 0 Å². The molecule has 0 aliphatic heterocycles. The van der Waals surface area contributed by atoms with Crippen LogP contribution < -0.4 is 20.9 Å². The van der Waals surface area contributed by atoms with Crippen molar-refractivity contribution in [3.05, 3.63) is 63.1 Å². The van der Waals surface area contributed by atoms with Crippen LogP contribution in [0.5, 0.6) is 5.75 Å². The van der Waals surface area contributed by atoms with Crippen molar-refractivity contribution in [1.82, 2.24) is 15.6 Å². The van der Waals surface area contributed by atoms with E-state index in [-0.39, 0.29) is 24.6 Å². The molecule has 1 heterocycles. The van der Waals surface area contributed by atoms with E-state index in [2.05, 4.69) is 15.6 Å². The number of benzene rings is 1. The van der Waals surface area contributed by atoms with E-state index in [4.69, 9.17) is 4.74 Å². The molecule has 3 N–H and O–H groups in total. The standard InChI is InChI=1S/C18H21N3O4/c1-11-8-12(2)21-18(24)14(11)9-19-16(22)10-20-17(23)13-6-4-5-7-15(13)25-3/h4-8H,9-10H2,1-3H3,(H,19,22)(H,20,23)(H,21,24). The molecule has 0 radical (unpaired) electrons. The van der Waals surface area contributed by atoms with Gasteiger partial charge in [0.1, 0.15) is 5.75 Å². The first kappa shape index (κ1) is 18.3. The van der Waals surface area contributed by atoms with Crippen LogP contribution in [0, 0.1) is 13.8 Å². The molecule has 0 saturated carbocycles. The molecule has 7 nitrogen and oxygen atoms in total. The van der Waals surface area contributed by atoms with Crippen molar-refractivity contribution < 1.29 is 14.3 Å². The summed E-state index contributed by atoms with van der Waals surface area (Å²) in [4.78, 5) is 38.7. The highest BCUT2D eigenvalue weighted by molar-refractivity contribution is 5.98. The summed E-state index contributed by atoms with van der Waals surface area (Å²) in [6.07, 6.45) is 0. The molecule has 1 aromatic carbocycles. The fourth-order valence-electron chi connectivity index (χ4n) is 2.44. The Morgan fingerprint density at radius 2 is 1.88 bits per heavy atom. The number of methoxy groups -OCH3 is 1. The smallest absolute Gasteiger partial charge is 0.255 e. The lowest BCUT2D eigenvalue weighted by molar-refractivity contribution is -0.120. The molecule has 2 rings (SSSR count). The maximum Gasteiger partial charge on any atom is 0.255 e. The zero-order chi connectivity index (χ0) is 18.4. The Morgan fingerprint density at radius 1 is 1.16 bits per heavy atom. The van der Waals surface area contributed by atoms with Gasteiger partial charge in [-0.25, -0.2) is 0 Å². The first-order valence-corrected chi connectivity index (χ1v) is 7.79.